The molecule has 7 aliphatic carbocycles. The number of hydrogen-bond donors (Lipinski definition) is 3. The van der Waals surface area contributed by atoms with Crippen molar-refractivity contribution in [2.45, 2.75) is 176 Å². The SMILES string of the molecule is C.C.C.C.COC(=O)[C@]1(c2cccc(F)c2C)C=C(C)CC1.COC(=O)[C@]1(c2cccc(F)c2C)C=C(C2CC2)CC1.Cc1c(F)cccc1[C@@]1(C(=O)NO)C=C(C2CC2)CC1.Cc1c(F)cccc1[C@@]1(C(=O)O)C=C(C2CC2)CC1.S.S.S.S. The predicted octanol–water partition coefficient (Wildman–Crippen LogP) is 16.5. The lowest BCUT2D eigenvalue weighted by molar-refractivity contribution is -0.146. The number of esters is 2. The third kappa shape index (κ3) is 16.1. The summed E-state index contributed by atoms with van der Waals surface area (Å²) < 4.78 is 65.1. The van der Waals surface area contributed by atoms with Gasteiger partial charge in [0.25, 0.3) is 5.91 Å². The van der Waals surface area contributed by atoms with Crippen molar-refractivity contribution in [3.05, 3.63) is 187 Å². The van der Waals surface area contributed by atoms with Crippen LogP contribution in [-0.4, -0.2) is 48.3 Å². The Morgan fingerprint density at radius 2 is 0.718 bits per heavy atom. The molecule has 7 aliphatic rings. The van der Waals surface area contributed by atoms with Crippen molar-refractivity contribution in [3.8, 4) is 0 Å². The number of carboxylic acids is 1. The molecule has 4 aromatic rings. The van der Waals surface area contributed by atoms with E-state index in [1.165, 1.54) is 93.7 Å². The number of carbonyl (C=O) groups excluding carboxylic acids is 3. The van der Waals surface area contributed by atoms with Gasteiger partial charge < -0.3 is 14.6 Å². The monoisotopic (exact) mass is 1260 g/mol. The van der Waals surface area contributed by atoms with Crippen molar-refractivity contribution in [2.75, 3.05) is 14.2 Å². The molecular formula is C68H95F4NO8S4. The van der Waals surface area contributed by atoms with Crippen LogP contribution < -0.4 is 5.48 Å². The van der Waals surface area contributed by atoms with Crippen LogP contribution in [0.25, 0.3) is 0 Å². The number of ether oxygens (including phenoxy) is 2. The number of amides is 1. The number of carbonyl (C=O) groups is 4. The highest BCUT2D eigenvalue weighted by atomic mass is 32.1. The Balaban J connectivity index is 0.00000107. The lowest BCUT2D eigenvalue weighted by Crippen LogP contribution is -2.41. The molecule has 0 bridgehead atoms. The molecule has 85 heavy (non-hydrogen) atoms. The summed E-state index contributed by atoms with van der Waals surface area (Å²) in [6.07, 6.45) is 20.8. The van der Waals surface area contributed by atoms with Crippen molar-refractivity contribution in [3.63, 3.8) is 0 Å². The number of aliphatic carboxylic acids is 1. The molecule has 3 saturated carbocycles. The van der Waals surface area contributed by atoms with E-state index in [0.29, 0.717) is 82.4 Å². The number of hydrogen-bond acceptors (Lipinski definition) is 7. The van der Waals surface area contributed by atoms with Gasteiger partial charge in [-0.1, -0.05) is 125 Å². The van der Waals surface area contributed by atoms with E-state index in [0.717, 1.165) is 36.8 Å². The summed E-state index contributed by atoms with van der Waals surface area (Å²) in [5, 5.41) is 18.8. The number of allylic oxidation sites excluding steroid dienone is 4. The Kier molecular flexibility index (Phi) is 30.7. The van der Waals surface area contributed by atoms with Crippen molar-refractivity contribution in [2.24, 2.45) is 17.8 Å². The lowest BCUT2D eigenvalue weighted by Gasteiger charge is -2.27. The topological polar surface area (TPSA) is 139 Å². The zero-order valence-corrected chi connectivity index (χ0v) is 51.2. The maximum atomic E-state index is 13.9. The second-order valence-corrected chi connectivity index (χ2v) is 22.2. The number of carboxylic acid groups (broad SMARTS) is 1. The van der Waals surface area contributed by atoms with Crippen molar-refractivity contribution in [1.29, 1.82) is 0 Å². The van der Waals surface area contributed by atoms with Gasteiger partial charge in [-0.3, -0.25) is 24.4 Å². The summed E-state index contributed by atoms with van der Waals surface area (Å²) in [6, 6.07) is 19.3. The molecular weight excluding hydrogens is 1160 g/mol. The second kappa shape index (κ2) is 32.7. The van der Waals surface area contributed by atoms with E-state index in [-0.39, 0.29) is 119 Å². The van der Waals surface area contributed by atoms with Crippen LogP contribution in [-0.2, 0) is 50.3 Å². The van der Waals surface area contributed by atoms with Crippen molar-refractivity contribution in [1.82, 2.24) is 5.48 Å². The molecule has 0 saturated heterocycles. The summed E-state index contributed by atoms with van der Waals surface area (Å²) in [5.41, 5.74) is 7.95. The van der Waals surface area contributed by atoms with Gasteiger partial charge in [0.05, 0.1) is 19.6 Å². The number of halogens is 4. The van der Waals surface area contributed by atoms with Gasteiger partial charge in [0.2, 0.25) is 0 Å². The Bertz CT molecular complexity index is 3010. The van der Waals surface area contributed by atoms with E-state index in [1.807, 2.05) is 37.3 Å². The van der Waals surface area contributed by atoms with Gasteiger partial charge in [0.15, 0.2) is 0 Å². The zero-order chi connectivity index (χ0) is 55.6. The first kappa shape index (κ1) is 79.8. The van der Waals surface area contributed by atoms with Gasteiger partial charge in [0.1, 0.15) is 39.5 Å². The number of benzene rings is 4. The van der Waals surface area contributed by atoms with Gasteiger partial charge >= 0.3 is 17.9 Å². The molecule has 0 heterocycles. The van der Waals surface area contributed by atoms with Gasteiger partial charge in [-0.15, -0.1) is 0 Å². The molecule has 472 valence electrons. The van der Waals surface area contributed by atoms with E-state index in [2.05, 4.69) is 6.08 Å². The minimum atomic E-state index is -1.02. The molecule has 17 heteroatoms. The third-order valence-electron chi connectivity index (χ3n) is 17.4. The minimum Gasteiger partial charge on any atom is -0.480 e. The Morgan fingerprint density at radius 3 is 1.01 bits per heavy atom. The van der Waals surface area contributed by atoms with Crippen LogP contribution in [0.2, 0.25) is 0 Å². The summed E-state index contributed by atoms with van der Waals surface area (Å²) in [6.45, 7) is 8.77. The molecule has 0 unspecified atom stereocenters. The maximum Gasteiger partial charge on any atom is 0.320 e. The van der Waals surface area contributed by atoms with Crippen LogP contribution in [0.15, 0.2) is 119 Å². The lowest BCUT2D eigenvalue weighted by atomic mass is 9.77. The highest BCUT2D eigenvalue weighted by Crippen LogP contribution is 2.52. The van der Waals surface area contributed by atoms with Crippen LogP contribution in [0.3, 0.4) is 0 Å². The number of hydroxylamine groups is 1. The summed E-state index contributed by atoms with van der Waals surface area (Å²) >= 11 is 0. The van der Waals surface area contributed by atoms with Crippen LogP contribution >= 0.6 is 54.0 Å². The molecule has 0 radical (unpaired) electrons. The Morgan fingerprint density at radius 1 is 0.447 bits per heavy atom. The molecule has 3 fully saturated rings. The first-order valence-corrected chi connectivity index (χ1v) is 26.9. The van der Waals surface area contributed by atoms with E-state index < -0.39 is 33.5 Å². The minimum absolute atomic E-state index is 0. The third-order valence-corrected chi connectivity index (χ3v) is 17.4. The summed E-state index contributed by atoms with van der Waals surface area (Å²) in [7, 11) is 2.78. The van der Waals surface area contributed by atoms with E-state index in [1.54, 1.807) is 69.6 Å². The quantitative estimate of drug-likeness (QED) is 0.0444. The Hall–Kier alpha value is -5.20. The molecule has 9 nitrogen and oxygen atoms in total. The fourth-order valence-electron chi connectivity index (χ4n) is 12.5. The molecule has 1 amide bonds. The van der Waals surface area contributed by atoms with Crippen molar-refractivity contribution >= 4 is 77.8 Å². The first-order valence-electron chi connectivity index (χ1n) is 26.9. The standard InChI is InChI=1S/C17H19FO2.C16H18FNO2.C16H17FO2.C15H17FO2.4CH4.4H2S/c1-11-14(4-3-5-15(11)18)17(16(19)20-2)9-8-13(10-17)12-6-7-12;1-10-13(3-2-4-14(10)17)16(15(19)18-20)8-7-12(9-16)11-5-6-11;1-10-13(3-2-4-14(10)17)16(15(18)19)8-7-12(9-16)11-5-6-11;1-10-7-8-15(9-10,14(17)18-3)12-5-4-6-13(16)11(12)2;;;;;;;;/h3-5,10,12H,6-9H2,1-2H3;2-4,9,11,20H,5-8H2,1H3,(H,18,19);2-4,9,11H,5-8H2,1H3,(H,18,19);4-6,9H,7-8H2,1-3H3;4*1H4;4*1H2/t17-;2*16-;15-;;;;;;;;/m0000......../s1. The van der Waals surface area contributed by atoms with Crippen LogP contribution in [0.5, 0.6) is 0 Å². The average Bonchev–Trinajstić information content (AvgIpc) is 2.85. The van der Waals surface area contributed by atoms with Gasteiger partial charge in [0, 0.05) is 0 Å². The van der Waals surface area contributed by atoms with E-state index in [4.69, 9.17) is 14.7 Å². The normalized spacial score (nSPS) is 22.7. The maximum absolute atomic E-state index is 13.9. The molecule has 11 rings (SSSR count). The van der Waals surface area contributed by atoms with Crippen LogP contribution in [0.1, 0.15) is 171 Å². The summed E-state index contributed by atoms with van der Waals surface area (Å²) in [5.74, 6) is -1.32. The summed E-state index contributed by atoms with van der Waals surface area (Å²) in [4.78, 5) is 48.6. The molecule has 3 N–H and O–H groups in total. The van der Waals surface area contributed by atoms with Gasteiger partial charge in [-0.25, -0.2) is 23.0 Å². The van der Waals surface area contributed by atoms with E-state index in [9.17, 15) is 41.8 Å². The second-order valence-electron chi connectivity index (χ2n) is 22.2. The van der Waals surface area contributed by atoms with Crippen LogP contribution in [0.4, 0.5) is 17.6 Å². The average molecular weight is 1260 g/mol. The molecule has 4 atom stereocenters. The number of methoxy groups -OCH3 is 2. The smallest absolute Gasteiger partial charge is 0.320 e. The first-order chi connectivity index (χ1) is 36.7. The fraction of sp³-hybridized carbons (Fsp3) is 0.471. The fourth-order valence-corrected chi connectivity index (χ4v) is 12.5. The molecule has 0 spiro atoms. The van der Waals surface area contributed by atoms with E-state index >= 15 is 0 Å². The predicted molar refractivity (Wildman–Crippen MR) is 354 cm³/mol. The largest absolute Gasteiger partial charge is 0.480 e. The number of nitrogens with one attached hydrogen (secondary N) is 1. The Labute approximate surface area is 531 Å². The molecule has 0 aliphatic heterocycles. The highest BCUT2D eigenvalue weighted by molar-refractivity contribution is 7.59. The number of rotatable bonds is 11. The van der Waals surface area contributed by atoms with Gasteiger partial charge in [-0.05, 0) is 211 Å². The van der Waals surface area contributed by atoms with Gasteiger partial charge in [-0.2, -0.15) is 54.0 Å². The molecule has 0 aromatic heterocycles. The zero-order valence-electron chi connectivity index (χ0n) is 47.2. The molecule has 4 aromatic carbocycles. The van der Waals surface area contributed by atoms with Crippen LogP contribution in [0, 0.1) is 68.7 Å². The highest BCUT2D eigenvalue weighted by Gasteiger charge is 2.49. The van der Waals surface area contributed by atoms with Crippen molar-refractivity contribution < 1.29 is 56.5 Å².